The molecule has 0 N–H and O–H groups in total. The smallest absolute Gasteiger partial charge is 0.409 e. The SMILES string of the molecule is CCOC(=O)N1CCC(N(CCc2ccccc2)Cc2ccccc2)CC1. The summed E-state index contributed by atoms with van der Waals surface area (Å²) in [6, 6.07) is 21.8. The molecule has 2 aromatic carbocycles. The standard InChI is InChI=1S/C23H30N2O2/c1-2-27-23(26)24-17-14-22(15-18-24)25(19-21-11-7-4-8-12-21)16-13-20-9-5-3-6-10-20/h3-12,22H,2,13-19H2,1H3. The van der Waals surface area contributed by atoms with Gasteiger partial charge < -0.3 is 9.64 Å². The maximum absolute atomic E-state index is 12.0. The number of piperidine rings is 1. The molecule has 2 aromatic rings. The number of nitrogens with zero attached hydrogens (tertiary/aromatic N) is 2. The van der Waals surface area contributed by atoms with E-state index in [2.05, 4.69) is 65.6 Å². The van der Waals surface area contributed by atoms with Crippen LogP contribution in [0.2, 0.25) is 0 Å². The topological polar surface area (TPSA) is 32.8 Å². The molecule has 1 aliphatic heterocycles. The molecular formula is C23H30N2O2. The summed E-state index contributed by atoms with van der Waals surface area (Å²) in [6.45, 7) is 5.84. The normalized spacial score (nSPS) is 15.1. The van der Waals surface area contributed by atoms with Gasteiger partial charge in [0.25, 0.3) is 0 Å². The summed E-state index contributed by atoms with van der Waals surface area (Å²) in [7, 11) is 0. The van der Waals surface area contributed by atoms with Crippen LogP contribution in [0.5, 0.6) is 0 Å². The van der Waals surface area contributed by atoms with Crippen LogP contribution >= 0.6 is 0 Å². The Morgan fingerprint density at radius 3 is 2.19 bits per heavy atom. The molecule has 0 aromatic heterocycles. The molecular weight excluding hydrogens is 336 g/mol. The molecule has 27 heavy (non-hydrogen) atoms. The zero-order chi connectivity index (χ0) is 18.9. The van der Waals surface area contributed by atoms with Crippen LogP contribution in [0.1, 0.15) is 30.9 Å². The van der Waals surface area contributed by atoms with Gasteiger partial charge in [0, 0.05) is 32.2 Å². The molecule has 0 bridgehead atoms. The number of benzene rings is 2. The van der Waals surface area contributed by atoms with Crippen LogP contribution in [0, 0.1) is 0 Å². The third kappa shape index (κ3) is 5.83. The van der Waals surface area contributed by atoms with E-state index in [-0.39, 0.29) is 6.09 Å². The van der Waals surface area contributed by atoms with Crippen LogP contribution in [0.15, 0.2) is 60.7 Å². The maximum atomic E-state index is 12.0. The Balaban J connectivity index is 1.62. The van der Waals surface area contributed by atoms with E-state index in [0.717, 1.165) is 45.4 Å². The van der Waals surface area contributed by atoms with Gasteiger partial charge in [-0.1, -0.05) is 60.7 Å². The van der Waals surface area contributed by atoms with Crippen LogP contribution < -0.4 is 0 Å². The number of carbonyl (C=O) groups is 1. The van der Waals surface area contributed by atoms with E-state index < -0.39 is 0 Å². The fraction of sp³-hybridized carbons (Fsp3) is 0.435. The van der Waals surface area contributed by atoms with Gasteiger partial charge >= 0.3 is 6.09 Å². The maximum Gasteiger partial charge on any atom is 0.409 e. The third-order valence-corrected chi connectivity index (χ3v) is 5.27. The zero-order valence-corrected chi connectivity index (χ0v) is 16.2. The summed E-state index contributed by atoms with van der Waals surface area (Å²) in [5.74, 6) is 0. The highest BCUT2D eigenvalue weighted by Gasteiger charge is 2.27. The second-order valence-corrected chi connectivity index (χ2v) is 7.11. The van der Waals surface area contributed by atoms with Crippen molar-refractivity contribution >= 4 is 6.09 Å². The second kappa shape index (κ2) is 10.1. The van der Waals surface area contributed by atoms with Crippen molar-refractivity contribution < 1.29 is 9.53 Å². The number of rotatable bonds is 7. The van der Waals surface area contributed by atoms with E-state index in [9.17, 15) is 4.79 Å². The fourth-order valence-electron chi connectivity index (χ4n) is 3.75. The van der Waals surface area contributed by atoms with Crippen LogP contribution in [-0.2, 0) is 17.7 Å². The van der Waals surface area contributed by atoms with Gasteiger partial charge in [-0.3, -0.25) is 4.90 Å². The Hall–Kier alpha value is -2.33. The molecule has 0 spiro atoms. The Morgan fingerprint density at radius 1 is 1.00 bits per heavy atom. The lowest BCUT2D eigenvalue weighted by Crippen LogP contribution is -2.47. The molecule has 144 valence electrons. The lowest BCUT2D eigenvalue weighted by atomic mass is 10.0. The first-order chi connectivity index (χ1) is 13.3. The number of amides is 1. The predicted octanol–water partition coefficient (Wildman–Crippen LogP) is 4.35. The van der Waals surface area contributed by atoms with Crippen LogP contribution in [0.3, 0.4) is 0 Å². The molecule has 3 rings (SSSR count). The molecule has 4 heteroatoms. The van der Waals surface area contributed by atoms with Crippen molar-refractivity contribution in [2.45, 2.75) is 38.8 Å². The summed E-state index contributed by atoms with van der Waals surface area (Å²) in [6.07, 6.45) is 2.88. The molecule has 1 amide bonds. The molecule has 0 aliphatic carbocycles. The van der Waals surface area contributed by atoms with Gasteiger partial charge in [0.2, 0.25) is 0 Å². The van der Waals surface area contributed by atoms with E-state index in [1.807, 2.05) is 11.8 Å². The van der Waals surface area contributed by atoms with Crippen LogP contribution in [-0.4, -0.2) is 48.2 Å². The molecule has 0 unspecified atom stereocenters. The van der Waals surface area contributed by atoms with Gasteiger partial charge in [-0.25, -0.2) is 4.79 Å². The molecule has 1 fully saturated rings. The fourth-order valence-corrected chi connectivity index (χ4v) is 3.75. The van der Waals surface area contributed by atoms with Gasteiger partial charge in [0.1, 0.15) is 0 Å². The summed E-state index contributed by atoms with van der Waals surface area (Å²) in [5.41, 5.74) is 2.72. The molecule has 1 aliphatic rings. The molecule has 0 atom stereocenters. The predicted molar refractivity (Wildman–Crippen MR) is 109 cm³/mol. The molecule has 0 saturated carbocycles. The second-order valence-electron chi connectivity index (χ2n) is 7.11. The van der Waals surface area contributed by atoms with Gasteiger partial charge in [0.05, 0.1) is 6.61 Å². The summed E-state index contributed by atoms with van der Waals surface area (Å²) < 4.78 is 5.15. The molecule has 0 radical (unpaired) electrons. The Labute approximate surface area is 162 Å². The molecule has 1 saturated heterocycles. The average Bonchev–Trinajstić information content (AvgIpc) is 2.73. The largest absolute Gasteiger partial charge is 0.450 e. The van der Waals surface area contributed by atoms with E-state index in [1.165, 1.54) is 11.1 Å². The Kier molecular flexibility index (Phi) is 7.28. The average molecular weight is 367 g/mol. The van der Waals surface area contributed by atoms with E-state index in [4.69, 9.17) is 4.74 Å². The third-order valence-electron chi connectivity index (χ3n) is 5.27. The summed E-state index contributed by atoms with van der Waals surface area (Å²) >= 11 is 0. The highest BCUT2D eigenvalue weighted by Crippen LogP contribution is 2.20. The lowest BCUT2D eigenvalue weighted by molar-refractivity contribution is 0.0726. The van der Waals surface area contributed by atoms with Gasteiger partial charge in [-0.2, -0.15) is 0 Å². The number of hydrogen-bond donors (Lipinski definition) is 0. The monoisotopic (exact) mass is 366 g/mol. The highest BCUT2D eigenvalue weighted by atomic mass is 16.6. The number of carbonyl (C=O) groups excluding carboxylic acids is 1. The van der Waals surface area contributed by atoms with Crippen molar-refractivity contribution in [2.24, 2.45) is 0 Å². The minimum absolute atomic E-state index is 0.171. The summed E-state index contributed by atoms with van der Waals surface area (Å²) in [4.78, 5) is 16.4. The van der Waals surface area contributed by atoms with E-state index in [0.29, 0.717) is 12.6 Å². The quantitative estimate of drug-likeness (QED) is 0.730. The minimum Gasteiger partial charge on any atom is -0.450 e. The van der Waals surface area contributed by atoms with Crippen molar-refractivity contribution in [1.29, 1.82) is 0 Å². The first kappa shape index (κ1) is 19.4. The number of likely N-dealkylation sites (tertiary alicyclic amines) is 1. The van der Waals surface area contributed by atoms with Crippen molar-refractivity contribution in [3.8, 4) is 0 Å². The number of ether oxygens (including phenoxy) is 1. The Bertz CT molecular complexity index is 682. The van der Waals surface area contributed by atoms with E-state index in [1.54, 1.807) is 0 Å². The first-order valence-corrected chi connectivity index (χ1v) is 10.00. The van der Waals surface area contributed by atoms with Crippen molar-refractivity contribution in [3.05, 3.63) is 71.8 Å². The molecule has 4 nitrogen and oxygen atoms in total. The van der Waals surface area contributed by atoms with Crippen LogP contribution in [0.25, 0.3) is 0 Å². The van der Waals surface area contributed by atoms with Crippen molar-refractivity contribution in [2.75, 3.05) is 26.2 Å². The van der Waals surface area contributed by atoms with E-state index >= 15 is 0 Å². The minimum atomic E-state index is -0.171. The lowest BCUT2D eigenvalue weighted by Gasteiger charge is -2.38. The van der Waals surface area contributed by atoms with Gasteiger partial charge in [-0.15, -0.1) is 0 Å². The molecule has 1 heterocycles. The van der Waals surface area contributed by atoms with Gasteiger partial charge in [0.15, 0.2) is 0 Å². The van der Waals surface area contributed by atoms with Crippen LogP contribution in [0.4, 0.5) is 4.79 Å². The zero-order valence-electron chi connectivity index (χ0n) is 16.2. The Morgan fingerprint density at radius 2 is 1.59 bits per heavy atom. The van der Waals surface area contributed by atoms with Gasteiger partial charge in [-0.05, 0) is 37.3 Å². The first-order valence-electron chi connectivity index (χ1n) is 10.00. The summed E-state index contributed by atoms with van der Waals surface area (Å²) in [5, 5.41) is 0. The highest BCUT2D eigenvalue weighted by molar-refractivity contribution is 5.67. The number of hydrogen-bond acceptors (Lipinski definition) is 3. The van der Waals surface area contributed by atoms with Crippen molar-refractivity contribution in [3.63, 3.8) is 0 Å². The van der Waals surface area contributed by atoms with Crippen molar-refractivity contribution in [1.82, 2.24) is 9.80 Å².